The number of carbonyl (C=O) groups excluding carboxylic acids is 2. The molecule has 0 saturated carbocycles. The van der Waals surface area contributed by atoms with Crippen molar-refractivity contribution in [1.29, 1.82) is 0 Å². The minimum Gasteiger partial charge on any atom is -0.377 e. The van der Waals surface area contributed by atoms with Gasteiger partial charge in [0, 0.05) is 24.8 Å². The number of ether oxygens (including phenoxy) is 1. The van der Waals surface area contributed by atoms with Crippen LogP contribution in [0.2, 0.25) is 0 Å². The van der Waals surface area contributed by atoms with Crippen LogP contribution in [-0.4, -0.2) is 54.8 Å². The van der Waals surface area contributed by atoms with Gasteiger partial charge in [-0.15, -0.1) is 0 Å². The molecule has 3 amide bonds. The molecular formula is C26H28N6O3. The van der Waals surface area contributed by atoms with E-state index in [4.69, 9.17) is 9.72 Å². The number of anilines is 3. The standard InChI is InChI=1S/C26H28N6O3/c1-16-4-6-18(7-5-16)17(2)32-21-14-28-23(19-8-10-20(11-9-19)29-26(34)27-3)30-24(21)31-12-13-35-15-22(31)25(32)33/h4-11,14,17,22H,12-13,15H2,1-3H3,(H2,27,29,34). The number of nitrogens with zero attached hydrogens (tertiary/aromatic N) is 4. The first-order chi connectivity index (χ1) is 17.0. The van der Waals surface area contributed by atoms with Crippen LogP contribution in [0.3, 0.4) is 0 Å². The summed E-state index contributed by atoms with van der Waals surface area (Å²) >= 11 is 0. The molecule has 9 nitrogen and oxygen atoms in total. The van der Waals surface area contributed by atoms with E-state index < -0.39 is 6.04 Å². The first-order valence-corrected chi connectivity index (χ1v) is 11.7. The molecule has 1 saturated heterocycles. The Balaban J connectivity index is 1.53. The number of fused-ring (bicyclic) bond motifs is 3. The summed E-state index contributed by atoms with van der Waals surface area (Å²) in [7, 11) is 1.57. The highest BCUT2D eigenvalue weighted by Gasteiger charge is 2.43. The van der Waals surface area contributed by atoms with E-state index >= 15 is 0 Å². The molecule has 9 heteroatoms. The van der Waals surface area contributed by atoms with Crippen LogP contribution in [0.5, 0.6) is 0 Å². The Morgan fingerprint density at radius 2 is 1.89 bits per heavy atom. The Morgan fingerprint density at radius 3 is 2.60 bits per heavy atom. The van der Waals surface area contributed by atoms with E-state index in [2.05, 4.69) is 39.9 Å². The molecule has 180 valence electrons. The van der Waals surface area contributed by atoms with Crippen molar-refractivity contribution in [2.75, 3.05) is 41.9 Å². The predicted octanol–water partition coefficient (Wildman–Crippen LogP) is 3.52. The van der Waals surface area contributed by atoms with Crippen molar-refractivity contribution in [1.82, 2.24) is 15.3 Å². The number of carbonyl (C=O) groups is 2. The van der Waals surface area contributed by atoms with Crippen molar-refractivity contribution in [3.8, 4) is 11.4 Å². The lowest BCUT2D eigenvalue weighted by molar-refractivity contribution is -0.123. The fourth-order valence-corrected chi connectivity index (χ4v) is 4.52. The van der Waals surface area contributed by atoms with Crippen molar-refractivity contribution in [2.45, 2.75) is 25.9 Å². The van der Waals surface area contributed by atoms with Gasteiger partial charge in [-0.1, -0.05) is 29.8 Å². The van der Waals surface area contributed by atoms with Gasteiger partial charge in [0.2, 0.25) is 0 Å². The van der Waals surface area contributed by atoms with Gasteiger partial charge in [0.05, 0.1) is 25.5 Å². The number of aromatic nitrogens is 2. The van der Waals surface area contributed by atoms with Gasteiger partial charge in [0.1, 0.15) is 11.7 Å². The lowest BCUT2D eigenvalue weighted by atomic mass is 10.0. The van der Waals surface area contributed by atoms with Crippen molar-refractivity contribution < 1.29 is 14.3 Å². The number of urea groups is 1. The minimum atomic E-state index is -0.425. The van der Waals surface area contributed by atoms with Crippen molar-refractivity contribution >= 4 is 29.1 Å². The van der Waals surface area contributed by atoms with Gasteiger partial charge in [-0.3, -0.25) is 9.69 Å². The van der Waals surface area contributed by atoms with Gasteiger partial charge < -0.3 is 20.3 Å². The largest absolute Gasteiger partial charge is 0.377 e. The molecule has 1 fully saturated rings. The zero-order valence-electron chi connectivity index (χ0n) is 20.0. The molecule has 0 bridgehead atoms. The van der Waals surface area contributed by atoms with E-state index in [0.29, 0.717) is 37.0 Å². The lowest BCUT2D eigenvalue weighted by Crippen LogP contribution is -2.59. The average Bonchev–Trinajstić information content (AvgIpc) is 2.89. The summed E-state index contributed by atoms with van der Waals surface area (Å²) in [5.74, 6) is 1.28. The Bertz CT molecular complexity index is 1240. The fraction of sp³-hybridized carbons (Fsp3) is 0.308. The third-order valence-corrected chi connectivity index (χ3v) is 6.51. The molecule has 2 aromatic carbocycles. The predicted molar refractivity (Wildman–Crippen MR) is 135 cm³/mol. The van der Waals surface area contributed by atoms with Crippen LogP contribution in [0.1, 0.15) is 24.1 Å². The van der Waals surface area contributed by atoms with Gasteiger partial charge in [-0.05, 0) is 43.7 Å². The summed E-state index contributed by atoms with van der Waals surface area (Å²) in [6, 6.07) is 14.7. The van der Waals surface area contributed by atoms with Crippen LogP contribution in [-0.2, 0) is 9.53 Å². The van der Waals surface area contributed by atoms with Crippen LogP contribution in [0.15, 0.2) is 54.7 Å². The molecule has 2 aliphatic rings. The summed E-state index contributed by atoms with van der Waals surface area (Å²) < 4.78 is 5.67. The SMILES string of the molecule is CNC(=O)Nc1ccc(-c2ncc3c(n2)N2CCOCC2C(=O)N3C(C)c2ccc(C)cc2)cc1. The minimum absolute atomic E-state index is 0.00810. The molecule has 1 aromatic heterocycles. The number of aryl methyl sites for hydroxylation is 1. The second-order valence-corrected chi connectivity index (χ2v) is 8.76. The molecule has 2 atom stereocenters. The molecular weight excluding hydrogens is 444 g/mol. The normalized spacial score (nSPS) is 17.9. The van der Waals surface area contributed by atoms with E-state index in [-0.39, 0.29) is 18.0 Å². The van der Waals surface area contributed by atoms with Gasteiger partial charge in [0.25, 0.3) is 5.91 Å². The molecule has 3 heterocycles. The summed E-state index contributed by atoms with van der Waals surface area (Å²) in [6.07, 6.45) is 1.74. The summed E-state index contributed by atoms with van der Waals surface area (Å²) in [4.78, 5) is 38.6. The number of nitrogens with one attached hydrogen (secondary N) is 2. The maximum Gasteiger partial charge on any atom is 0.318 e. The van der Waals surface area contributed by atoms with Crippen LogP contribution in [0.25, 0.3) is 11.4 Å². The summed E-state index contributed by atoms with van der Waals surface area (Å²) in [5.41, 5.74) is 4.40. The second-order valence-electron chi connectivity index (χ2n) is 8.76. The lowest BCUT2D eigenvalue weighted by Gasteiger charge is -2.45. The molecule has 2 aliphatic heterocycles. The van der Waals surface area contributed by atoms with E-state index in [1.165, 1.54) is 5.56 Å². The van der Waals surface area contributed by atoms with Crippen LogP contribution in [0.4, 0.5) is 22.0 Å². The van der Waals surface area contributed by atoms with Crippen LogP contribution in [0, 0.1) is 6.92 Å². The highest BCUT2D eigenvalue weighted by molar-refractivity contribution is 6.05. The number of benzene rings is 2. The maximum atomic E-state index is 13.6. The number of amides is 3. The van der Waals surface area contributed by atoms with E-state index in [9.17, 15) is 9.59 Å². The molecule has 0 aliphatic carbocycles. The highest BCUT2D eigenvalue weighted by Crippen LogP contribution is 2.40. The zero-order chi connectivity index (χ0) is 24.5. The maximum absolute atomic E-state index is 13.6. The summed E-state index contributed by atoms with van der Waals surface area (Å²) in [5, 5.41) is 5.27. The van der Waals surface area contributed by atoms with E-state index in [1.807, 2.05) is 30.9 Å². The second kappa shape index (κ2) is 9.34. The fourth-order valence-electron chi connectivity index (χ4n) is 4.52. The molecule has 0 radical (unpaired) electrons. The Labute approximate surface area is 204 Å². The molecule has 3 aromatic rings. The van der Waals surface area contributed by atoms with Crippen LogP contribution >= 0.6 is 0 Å². The number of hydrogen-bond acceptors (Lipinski definition) is 6. The average molecular weight is 473 g/mol. The first-order valence-electron chi connectivity index (χ1n) is 11.7. The molecule has 35 heavy (non-hydrogen) atoms. The van der Waals surface area contributed by atoms with Gasteiger partial charge >= 0.3 is 6.03 Å². The first kappa shape index (κ1) is 22.8. The van der Waals surface area contributed by atoms with Gasteiger partial charge in [0.15, 0.2) is 11.6 Å². The third kappa shape index (κ3) is 4.30. The van der Waals surface area contributed by atoms with Gasteiger partial charge in [-0.2, -0.15) is 0 Å². The van der Waals surface area contributed by atoms with Crippen molar-refractivity contribution in [2.24, 2.45) is 0 Å². The Kier molecular flexibility index (Phi) is 6.08. The zero-order valence-corrected chi connectivity index (χ0v) is 20.0. The number of hydrogen-bond donors (Lipinski definition) is 2. The van der Waals surface area contributed by atoms with Crippen LogP contribution < -0.4 is 20.4 Å². The van der Waals surface area contributed by atoms with Crippen molar-refractivity contribution in [3.63, 3.8) is 0 Å². The molecule has 2 N–H and O–H groups in total. The Morgan fingerprint density at radius 1 is 1.14 bits per heavy atom. The van der Waals surface area contributed by atoms with Crippen molar-refractivity contribution in [3.05, 3.63) is 65.9 Å². The highest BCUT2D eigenvalue weighted by atomic mass is 16.5. The molecule has 0 spiro atoms. The van der Waals surface area contributed by atoms with Gasteiger partial charge in [-0.25, -0.2) is 14.8 Å². The summed E-state index contributed by atoms with van der Waals surface area (Å²) in [6.45, 7) is 5.52. The topological polar surface area (TPSA) is 99.7 Å². The quantitative estimate of drug-likeness (QED) is 0.603. The Hall–Kier alpha value is -3.98. The monoisotopic (exact) mass is 472 g/mol. The molecule has 5 rings (SSSR count). The smallest absolute Gasteiger partial charge is 0.318 e. The van der Waals surface area contributed by atoms with E-state index in [0.717, 1.165) is 16.9 Å². The number of rotatable bonds is 4. The number of morpholine rings is 1. The van der Waals surface area contributed by atoms with E-state index in [1.54, 1.807) is 30.3 Å². The molecule has 2 unspecified atom stereocenters. The third-order valence-electron chi connectivity index (χ3n) is 6.51.